The average Bonchev–Trinajstić information content (AvgIpc) is 2.58. The Bertz CT molecular complexity index is 458. The van der Waals surface area contributed by atoms with E-state index in [1.807, 2.05) is 20.8 Å². The molecule has 0 aliphatic carbocycles. The number of ether oxygens (including phenoxy) is 2. The van der Waals surface area contributed by atoms with E-state index in [0.29, 0.717) is 17.8 Å². The molecule has 0 N–H and O–H groups in total. The SMILES string of the molecule is C=C(C)C(=O)OC(C)(C)C.C=C(C)C(=O)OCCCCCCCCCCCC. The summed E-state index contributed by atoms with van der Waals surface area (Å²) >= 11 is 0. The molecule has 0 heterocycles. The molecule has 0 aliphatic heterocycles. The second-order valence-corrected chi connectivity index (χ2v) is 8.38. The van der Waals surface area contributed by atoms with E-state index < -0.39 is 5.60 Å². The van der Waals surface area contributed by atoms with Gasteiger partial charge in [0.25, 0.3) is 0 Å². The number of esters is 2. The summed E-state index contributed by atoms with van der Waals surface area (Å²) < 4.78 is 10.00. The molecule has 0 fully saturated rings. The van der Waals surface area contributed by atoms with Crippen LogP contribution in [0.1, 0.15) is 106 Å². The van der Waals surface area contributed by atoms with Crippen molar-refractivity contribution in [3.8, 4) is 0 Å². The van der Waals surface area contributed by atoms with Gasteiger partial charge in [0.05, 0.1) is 6.61 Å². The summed E-state index contributed by atoms with van der Waals surface area (Å²) in [5, 5.41) is 0. The van der Waals surface area contributed by atoms with Gasteiger partial charge in [-0.1, -0.05) is 77.9 Å². The number of carbonyl (C=O) groups excluding carboxylic acids is 2. The molecule has 0 radical (unpaired) electrons. The Morgan fingerprint density at radius 2 is 1.11 bits per heavy atom. The zero-order valence-corrected chi connectivity index (χ0v) is 19.3. The van der Waals surface area contributed by atoms with Crippen molar-refractivity contribution in [1.29, 1.82) is 0 Å². The normalized spacial score (nSPS) is 10.5. The lowest BCUT2D eigenvalue weighted by Gasteiger charge is -2.19. The number of hydrogen-bond donors (Lipinski definition) is 0. The molecule has 4 nitrogen and oxygen atoms in total. The average molecular weight is 397 g/mol. The van der Waals surface area contributed by atoms with E-state index in [4.69, 9.17) is 9.47 Å². The number of rotatable bonds is 13. The zero-order valence-electron chi connectivity index (χ0n) is 19.3. The third-order valence-corrected chi connectivity index (χ3v) is 3.83. The largest absolute Gasteiger partial charge is 0.462 e. The Morgan fingerprint density at radius 1 is 0.714 bits per heavy atom. The molecular weight excluding hydrogens is 352 g/mol. The second kappa shape index (κ2) is 17.5. The van der Waals surface area contributed by atoms with Crippen LogP contribution in [0.3, 0.4) is 0 Å². The first kappa shape index (κ1) is 28.6. The van der Waals surface area contributed by atoms with Crippen LogP contribution < -0.4 is 0 Å². The van der Waals surface area contributed by atoms with Gasteiger partial charge in [-0.2, -0.15) is 0 Å². The lowest BCUT2D eigenvalue weighted by molar-refractivity contribution is -0.149. The van der Waals surface area contributed by atoms with Crippen LogP contribution in [0.15, 0.2) is 24.3 Å². The minimum absolute atomic E-state index is 0.258. The Morgan fingerprint density at radius 3 is 1.43 bits per heavy atom. The lowest BCUT2D eigenvalue weighted by atomic mass is 10.1. The molecule has 28 heavy (non-hydrogen) atoms. The van der Waals surface area contributed by atoms with Gasteiger partial charge in [-0.3, -0.25) is 0 Å². The van der Waals surface area contributed by atoms with Crippen molar-refractivity contribution in [2.24, 2.45) is 0 Å². The molecule has 0 atom stereocenters. The van der Waals surface area contributed by atoms with Crippen LogP contribution in [0.4, 0.5) is 0 Å². The summed E-state index contributed by atoms with van der Waals surface area (Å²) in [4.78, 5) is 21.9. The molecule has 0 unspecified atom stereocenters. The van der Waals surface area contributed by atoms with Gasteiger partial charge in [-0.05, 0) is 41.0 Å². The number of unbranched alkanes of at least 4 members (excludes halogenated alkanes) is 9. The van der Waals surface area contributed by atoms with Gasteiger partial charge >= 0.3 is 11.9 Å². The van der Waals surface area contributed by atoms with E-state index in [0.717, 1.165) is 6.42 Å². The highest BCUT2D eigenvalue weighted by Crippen LogP contribution is 2.11. The van der Waals surface area contributed by atoms with Crippen LogP contribution in [0.5, 0.6) is 0 Å². The monoisotopic (exact) mass is 396 g/mol. The first-order valence-corrected chi connectivity index (χ1v) is 10.7. The van der Waals surface area contributed by atoms with E-state index >= 15 is 0 Å². The molecule has 0 bridgehead atoms. The van der Waals surface area contributed by atoms with Gasteiger partial charge in [0, 0.05) is 11.1 Å². The van der Waals surface area contributed by atoms with Crippen LogP contribution in [-0.4, -0.2) is 24.1 Å². The minimum atomic E-state index is -0.407. The molecule has 0 aromatic heterocycles. The van der Waals surface area contributed by atoms with Crippen molar-refractivity contribution < 1.29 is 19.1 Å². The van der Waals surface area contributed by atoms with Gasteiger partial charge in [-0.25, -0.2) is 9.59 Å². The fourth-order valence-corrected chi connectivity index (χ4v) is 2.24. The van der Waals surface area contributed by atoms with Crippen LogP contribution in [0.2, 0.25) is 0 Å². The van der Waals surface area contributed by atoms with Gasteiger partial charge in [0.2, 0.25) is 0 Å². The highest BCUT2D eigenvalue weighted by molar-refractivity contribution is 5.87. The quantitative estimate of drug-likeness (QED) is 0.192. The summed E-state index contributed by atoms with van der Waals surface area (Å²) in [7, 11) is 0. The smallest absolute Gasteiger partial charge is 0.333 e. The van der Waals surface area contributed by atoms with E-state index in [1.165, 1.54) is 57.8 Å². The first-order valence-electron chi connectivity index (χ1n) is 10.7. The molecule has 0 saturated heterocycles. The Labute approximate surface area is 173 Å². The van der Waals surface area contributed by atoms with E-state index in [9.17, 15) is 9.59 Å². The third kappa shape index (κ3) is 22.5. The molecule has 0 rings (SSSR count). The molecule has 0 aliphatic rings. The first-order chi connectivity index (χ1) is 13.0. The van der Waals surface area contributed by atoms with E-state index in [-0.39, 0.29) is 11.9 Å². The van der Waals surface area contributed by atoms with E-state index in [2.05, 4.69) is 20.1 Å². The standard InChI is InChI=1S/C16H30O2.C8H14O2/c1-4-5-6-7-8-9-10-11-12-13-14-18-16(17)15(2)3;1-6(2)7(9)10-8(3,4)5/h2,4-14H2,1,3H3;1H2,2-5H3. The minimum Gasteiger partial charge on any atom is -0.462 e. The molecule has 0 spiro atoms. The van der Waals surface area contributed by atoms with Gasteiger partial charge in [-0.15, -0.1) is 0 Å². The van der Waals surface area contributed by atoms with Gasteiger partial charge < -0.3 is 9.47 Å². The van der Waals surface area contributed by atoms with Crippen molar-refractivity contribution in [3.63, 3.8) is 0 Å². The molecule has 0 aromatic carbocycles. The predicted octanol–water partition coefficient (Wildman–Crippen LogP) is 6.93. The molecule has 164 valence electrons. The van der Waals surface area contributed by atoms with Crippen molar-refractivity contribution in [2.75, 3.05) is 6.61 Å². The lowest BCUT2D eigenvalue weighted by Crippen LogP contribution is -2.23. The summed E-state index contributed by atoms with van der Waals surface area (Å²) in [6.07, 6.45) is 13.0. The topological polar surface area (TPSA) is 52.6 Å². The maximum absolute atomic E-state index is 11.1. The van der Waals surface area contributed by atoms with Crippen LogP contribution in [0, 0.1) is 0 Å². The number of carbonyl (C=O) groups is 2. The zero-order chi connectivity index (χ0) is 22.0. The molecule has 0 aromatic rings. The molecular formula is C24H44O4. The maximum atomic E-state index is 11.1. The summed E-state index contributed by atoms with van der Waals surface area (Å²) in [6.45, 7) is 18.6. The van der Waals surface area contributed by atoms with Crippen LogP contribution >= 0.6 is 0 Å². The van der Waals surface area contributed by atoms with Crippen molar-refractivity contribution >= 4 is 11.9 Å². The fraction of sp³-hybridized carbons (Fsp3) is 0.750. The summed E-state index contributed by atoms with van der Waals surface area (Å²) in [6, 6.07) is 0. The Balaban J connectivity index is 0. The highest BCUT2D eigenvalue weighted by atomic mass is 16.6. The maximum Gasteiger partial charge on any atom is 0.333 e. The molecule has 0 amide bonds. The second-order valence-electron chi connectivity index (χ2n) is 8.38. The molecule has 0 saturated carbocycles. The van der Waals surface area contributed by atoms with Crippen LogP contribution in [-0.2, 0) is 19.1 Å². The van der Waals surface area contributed by atoms with Crippen molar-refractivity contribution in [1.82, 2.24) is 0 Å². The summed E-state index contributed by atoms with van der Waals surface area (Å²) in [5.41, 5.74) is 0.521. The van der Waals surface area contributed by atoms with Crippen molar-refractivity contribution in [3.05, 3.63) is 24.3 Å². The van der Waals surface area contributed by atoms with Gasteiger partial charge in [0.1, 0.15) is 5.60 Å². The Hall–Kier alpha value is -1.58. The predicted molar refractivity (Wildman–Crippen MR) is 118 cm³/mol. The molecule has 4 heteroatoms. The summed E-state index contributed by atoms with van der Waals surface area (Å²) in [5.74, 6) is -0.585. The van der Waals surface area contributed by atoms with Crippen LogP contribution in [0.25, 0.3) is 0 Å². The van der Waals surface area contributed by atoms with Gasteiger partial charge in [0.15, 0.2) is 0 Å². The van der Waals surface area contributed by atoms with Crippen molar-refractivity contribution in [2.45, 2.75) is 111 Å². The number of hydrogen-bond acceptors (Lipinski definition) is 4. The Kier molecular flexibility index (Phi) is 17.9. The van der Waals surface area contributed by atoms with E-state index in [1.54, 1.807) is 13.8 Å². The fourth-order valence-electron chi connectivity index (χ4n) is 2.24. The highest BCUT2D eigenvalue weighted by Gasteiger charge is 2.15. The third-order valence-electron chi connectivity index (χ3n) is 3.83.